The molecule has 2 amide bonds. The van der Waals surface area contributed by atoms with Gasteiger partial charge in [-0.05, 0) is 57.1 Å². The summed E-state index contributed by atoms with van der Waals surface area (Å²) >= 11 is 1.58. The van der Waals surface area contributed by atoms with Gasteiger partial charge in [0, 0.05) is 18.3 Å². The van der Waals surface area contributed by atoms with Crippen molar-refractivity contribution in [2.45, 2.75) is 51.2 Å². The predicted molar refractivity (Wildman–Crippen MR) is 83.9 cm³/mol. The Labute approximate surface area is 126 Å². The summed E-state index contributed by atoms with van der Waals surface area (Å²) in [6.45, 7) is 4.16. The van der Waals surface area contributed by atoms with E-state index in [0.717, 1.165) is 11.8 Å². The van der Waals surface area contributed by atoms with Crippen LogP contribution in [-0.2, 0) is 0 Å². The van der Waals surface area contributed by atoms with Crippen LogP contribution in [0.1, 0.15) is 39.5 Å². The molecule has 2 aliphatic carbocycles. The van der Waals surface area contributed by atoms with Crippen molar-refractivity contribution in [1.29, 1.82) is 0 Å². The van der Waals surface area contributed by atoms with Gasteiger partial charge in [-0.2, -0.15) is 11.8 Å². The van der Waals surface area contributed by atoms with E-state index < -0.39 is 5.60 Å². The highest BCUT2D eigenvalue weighted by atomic mass is 32.2. The Hall–Kier alpha value is -0.420. The molecule has 0 saturated heterocycles. The van der Waals surface area contributed by atoms with Crippen molar-refractivity contribution in [3.63, 3.8) is 0 Å². The first-order chi connectivity index (χ1) is 9.41. The molecule has 4 nitrogen and oxygen atoms in total. The second kappa shape index (κ2) is 6.56. The molecule has 0 aliphatic heterocycles. The maximum Gasteiger partial charge on any atom is 0.315 e. The minimum atomic E-state index is -0.841. The molecule has 5 unspecified atom stereocenters. The fourth-order valence-electron chi connectivity index (χ4n) is 3.90. The standard InChI is InChI=1S/C15H28N2O2S/c1-10(13-7-11-4-5-12(13)6-11)17-14(18)16-8-15(2,19)9-20-3/h10-13,19H,4-9H2,1-3H3,(H2,16,17,18). The van der Waals surface area contributed by atoms with Gasteiger partial charge < -0.3 is 15.7 Å². The van der Waals surface area contributed by atoms with Crippen LogP contribution in [0.15, 0.2) is 0 Å². The topological polar surface area (TPSA) is 61.4 Å². The van der Waals surface area contributed by atoms with Crippen LogP contribution in [0.2, 0.25) is 0 Å². The number of carbonyl (C=O) groups excluding carboxylic acids is 1. The van der Waals surface area contributed by atoms with Gasteiger partial charge in [-0.15, -0.1) is 0 Å². The molecule has 3 N–H and O–H groups in total. The van der Waals surface area contributed by atoms with Crippen molar-refractivity contribution in [3.8, 4) is 0 Å². The first-order valence-corrected chi connectivity index (χ1v) is 9.06. The van der Waals surface area contributed by atoms with Gasteiger partial charge in [0.15, 0.2) is 0 Å². The largest absolute Gasteiger partial charge is 0.387 e. The third-order valence-electron chi connectivity index (χ3n) is 4.88. The van der Waals surface area contributed by atoms with Crippen LogP contribution in [0.4, 0.5) is 4.79 Å². The number of nitrogens with one attached hydrogen (secondary N) is 2. The highest BCUT2D eigenvalue weighted by molar-refractivity contribution is 7.98. The molecule has 2 fully saturated rings. The number of carbonyl (C=O) groups is 1. The molecule has 5 atom stereocenters. The summed E-state index contributed by atoms with van der Waals surface area (Å²) in [5.41, 5.74) is -0.841. The molecule has 2 saturated carbocycles. The number of thioether (sulfide) groups is 1. The number of fused-ring (bicyclic) bond motifs is 2. The fourth-order valence-corrected chi connectivity index (χ4v) is 4.63. The number of rotatable bonds is 6. The lowest BCUT2D eigenvalue weighted by Gasteiger charge is -2.29. The molecular weight excluding hydrogens is 272 g/mol. The maximum absolute atomic E-state index is 11.9. The smallest absolute Gasteiger partial charge is 0.315 e. The highest BCUT2D eigenvalue weighted by Gasteiger charge is 2.42. The van der Waals surface area contributed by atoms with Gasteiger partial charge in [-0.25, -0.2) is 4.79 Å². The average molecular weight is 300 g/mol. The van der Waals surface area contributed by atoms with E-state index in [2.05, 4.69) is 17.6 Å². The van der Waals surface area contributed by atoms with Crippen LogP contribution in [0.3, 0.4) is 0 Å². The Bertz CT molecular complexity index is 349. The van der Waals surface area contributed by atoms with Crippen LogP contribution in [-0.4, -0.2) is 41.3 Å². The zero-order valence-electron chi connectivity index (χ0n) is 12.8. The quantitative estimate of drug-likeness (QED) is 0.705. The molecule has 2 aliphatic rings. The summed E-state index contributed by atoms with van der Waals surface area (Å²) in [7, 11) is 0. The molecule has 0 radical (unpaired) electrons. The SMILES string of the molecule is CSCC(C)(O)CNC(=O)NC(C)C1CC2CCC1C2. The summed E-state index contributed by atoms with van der Waals surface area (Å²) in [4.78, 5) is 11.9. The number of hydrogen-bond donors (Lipinski definition) is 3. The second-order valence-corrected chi connectivity index (χ2v) is 7.75. The van der Waals surface area contributed by atoms with Gasteiger partial charge in [0.2, 0.25) is 0 Å². The monoisotopic (exact) mass is 300 g/mol. The Balaban J connectivity index is 1.71. The molecule has 2 rings (SSSR count). The van der Waals surface area contributed by atoms with E-state index in [0.29, 0.717) is 18.2 Å². The van der Waals surface area contributed by atoms with E-state index in [9.17, 15) is 9.90 Å². The lowest BCUT2D eigenvalue weighted by atomic mass is 9.84. The van der Waals surface area contributed by atoms with E-state index in [1.165, 1.54) is 25.7 Å². The van der Waals surface area contributed by atoms with Crippen LogP contribution in [0, 0.1) is 17.8 Å². The van der Waals surface area contributed by atoms with Crippen molar-refractivity contribution in [3.05, 3.63) is 0 Å². The molecule has 20 heavy (non-hydrogen) atoms. The molecule has 0 aromatic carbocycles. The van der Waals surface area contributed by atoms with E-state index in [1.807, 2.05) is 6.26 Å². The van der Waals surface area contributed by atoms with Crippen LogP contribution in [0.5, 0.6) is 0 Å². The fraction of sp³-hybridized carbons (Fsp3) is 0.933. The summed E-state index contributed by atoms with van der Waals surface area (Å²) in [5.74, 6) is 2.98. The number of aliphatic hydroxyl groups is 1. The Morgan fingerprint density at radius 1 is 1.45 bits per heavy atom. The summed E-state index contributed by atoms with van der Waals surface area (Å²) in [5, 5.41) is 15.9. The van der Waals surface area contributed by atoms with Crippen molar-refractivity contribution < 1.29 is 9.90 Å². The molecule has 2 bridgehead atoms. The van der Waals surface area contributed by atoms with E-state index >= 15 is 0 Å². The molecular formula is C15H28N2O2S. The third-order valence-corrected chi connectivity index (χ3v) is 5.79. The minimum absolute atomic E-state index is 0.151. The Morgan fingerprint density at radius 3 is 2.75 bits per heavy atom. The number of urea groups is 1. The lowest BCUT2D eigenvalue weighted by Crippen LogP contribution is -2.50. The van der Waals surface area contributed by atoms with Gasteiger partial charge in [-0.1, -0.05) is 6.42 Å². The van der Waals surface area contributed by atoms with Crippen LogP contribution < -0.4 is 10.6 Å². The zero-order chi connectivity index (χ0) is 14.8. The van der Waals surface area contributed by atoms with E-state index in [4.69, 9.17) is 0 Å². The van der Waals surface area contributed by atoms with Gasteiger partial charge in [0.25, 0.3) is 0 Å². The summed E-state index contributed by atoms with van der Waals surface area (Å²) in [6.07, 6.45) is 7.31. The molecule has 0 spiro atoms. The van der Waals surface area contributed by atoms with E-state index in [-0.39, 0.29) is 12.1 Å². The Morgan fingerprint density at radius 2 is 2.20 bits per heavy atom. The average Bonchev–Trinajstić information content (AvgIpc) is 2.98. The van der Waals surface area contributed by atoms with Crippen LogP contribution in [0.25, 0.3) is 0 Å². The second-order valence-electron chi connectivity index (χ2n) is 6.88. The maximum atomic E-state index is 11.9. The first kappa shape index (κ1) is 16.0. The van der Waals surface area contributed by atoms with Gasteiger partial charge in [0.05, 0.1) is 5.60 Å². The van der Waals surface area contributed by atoms with Gasteiger partial charge in [0.1, 0.15) is 0 Å². The van der Waals surface area contributed by atoms with Gasteiger partial charge >= 0.3 is 6.03 Å². The molecule has 5 heteroatoms. The summed E-state index contributed by atoms with van der Waals surface area (Å²) in [6, 6.07) is 0.0810. The Kier molecular flexibility index (Phi) is 5.24. The normalized spacial score (nSPS) is 32.7. The van der Waals surface area contributed by atoms with Crippen molar-refractivity contribution in [1.82, 2.24) is 10.6 Å². The van der Waals surface area contributed by atoms with Crippen molar-refractivity contribution in [2.24, 2.45) is 17.8 Å². The molecule has 116 valence electrons. The van der Waals surface area contributed by atoms with Crippen molar-refractivity contribution in [2.75, 3.05) is 18.6 Å². The third kappa shape index (κ3) is 4.04. The molecule has 0 heterocycles. The molecule has 0 aromatic rings. The predicted octanol–water partition coefficient (Wildman–Crippen LogP) is 2.22. The van der Waals surface area contributed by atoms with Crippen molar-refractivity contribution >= 4 is 17.8 Å². The van der Waals surface area contributed by atoms with E-state index in [1.54, 1.807) is 18.7 Å². The highest BCUT2D eigenvalue weighted by Crippen LogP contribution is 2.49. The zero-order valence-corrected chi connectivity index (χ0v) is 13.6. The number of hydrogen-bond acceptors (Lipinski definition) is 3. The lowest BCUT2D eigenvalue weighted by molar-refractivity contribution is 0.0865. The number of amides is 2. The summed E-state index contributed by atoms with van der Waals surface area (Å²) < 4.78 is 0. The minimum Gasteiger partial charge on any atom is -0.387 e. The molecule has 0 aromatic heterocycles. The van der Waals surface area contributed by atoms with Crippen LogP contribution >= 0.6 is 11.8 Å². The van der Waals surface area contributed by atoms with Gasteiger partial charge in [-0.3, -0.25) is 0 Å². The first-order valence-electron chi connectivity index (χ1n) is 7.67.